The molecule has 1 N–H and O–H groups in total. The van der Waals surface area contributed by atoms with E-state index in [0.29, 0.717) is 18.5 Å². The highest BCUT2D eigenvalue weighted by atomic mass is 127. The van der Waals surface area contributed by atoms with Gasteiger partial charge in [-0.1, -0.05) is 30.3 Å². The summed E-state index contributed by atoms with van der Waals surface area (Å²) >= 11 is 0. The van der Waals surface area contributed by atoms with Crippen molar-refractivity contribution in [2.24, 2.45) is 4.99 Å². The summed E-state index contributed by atoms with van der Waals surface area (Å²) in [4.78, 5) is 6.32. The Kier molecular flexibility index (Phi) is 9.26. The smallest absolute Gasteiger partial charge is 0.193 e. The fourth-order valence-electron chi connectivity index (χ4n) is 2.47. The number of hydrogen-bond acceptors (Lipinski definition) is 2. The van der Waals surface area contributed by atoms with Crippen molar-refractivity contribution < 1.29 is 9.13 Å². The Morgan fingerprint density at radius 2 is 1.84 bits per heavy atom. The van der Waals surface area contributed by atoms with Crippen LogP contribution < -0.4 is 10.1 Å². The van der Waals surface area contributed by atoms with Gasteiger partial charge in [-0.3, -0.25) is 4.99 Å². The van der Waals surface area contributed by atoms with Crippen molar-refractivity contribution in [3.05, 3.63) is 65.5 Å². The number of aliphatic imine (C=N–C) groups is 1. The average Bonchev–Trinajstić information content (AvgIpc) is 2.60. The minimum atomic E-state index is -0.166. The van der Waals surface area contributed by atoms with Gasteiger partial charge in [0.05, 0.1) is 7.11 Å². The van der Waals surface area contributed by atoms with E-state index in [1.165, 1.54) is 6.07 Å². The van der Waals surface area contributed by atoms with E-state index in [1.54, 1.807) is 26.3 Å². The van der Waals surface area contributed by atoms with Crippen LogP contribution in [0.25, 0.3) is 0 Å². The Bertz CT molecular complexity index is 677. The highest BCUT2D eigenvalue weighted by Crippen LogP contribution is 2.12. The Balaban J connectivity index is 0.00000312. The molecule has 0 bridgehead atoms. The lowest BCUT2D eigenvalue weighted by molar-refractivity contribution is 0.414. The number of hydrogen-bond donors (Lipinski definition) is 1. The summed E-state index contributed by atoms with van der Waals surface area (Å²) < 4.78 is 18.8. The van der Waals surface area contributed by atoms with Gasteiger partial charge in [0.15, 0.2) is 5.96 Å². The van der Waals surface area contributed by atoms with Gasteiger partial charge in [0.1, 0.15) is 11.6 Å². The lowest BCUT2D eigenvalue weighted by Gasteiger charge is -2.22. The standard InChI is InChI=1S/C19H24FN3O.HI/c1-21-19(22-13-12-16-6-4-5-7-18(16)20)23(2)14-15-8-10-17(24-3)11-9-15;/h4-11H,12-14H2,1-3H3,(H,21,22);1H. The Morgan fingerprint density at radius 1 is 1.16 bits per heavy atom. The third-order valence-electron chi connectivity index (χ3n) is 3.79. The maximum absolute atomic E-state index is 13.6. The van der Waals surface area contributed by atoms with Crippen LogP contribution in [-0.4, -0.2) is 38.6 Å². The fourth-order valence-corrected chi connectivity index (χ4v) is 2.47. The molecule has 0 unspecified atom stereocenters. The second kappa shape index (κ2) is 10.9. The molecule has 0 heterocycles. The molecule has 0 aliphatic carbocycles. The van der Waals surface area contributed by atoms with Crippen molar-refractivity contribution in [1.82, 2.24) is 10.2 Å². The molecule has 0 amide bonds. The zero-order chi connectivity index (χ0) is 17.4. The van der Waals surface area contributed by atoms with Gasteiger partial charge in [0.2, 0.25) is 0 Å². The molecule has 0 aromatic heterocycles. The first-order valence-electron chi connectivity index (χ1n) is 7.92. The van der Waals surface area contributed by atoms with Gasteiger partial charge in [-0.25, -0.2) is 4.39 Å². The van der Waals surface area contributed by atoms with Crippen LogP contribution in [0, 0.1) is 5.82 Å². The molecule has 0 saturated heterocycles. The molecule has 0 fully saturated rings. The molecule has 0 radical (unpaired) electrons. The third kappa shape index (κ3) is 6.53. The Hall–Kier alpha value is -1.83. The lowest BCUT2D eigenvalue weighted by atomic mass is 10.1. The van der Waals surface area contributed by atoms with Crippen molar-refractivity contribution in [3.63, 3.8) is 0 Å². The molecule has 6 heteroatoms. The highest BCUT2D eigenvalue weighted by molar-refractivity contribution is 14.0. The average molecular weight is 457 g/mol. The normalized spacial score (nSPS) is 10.8. The maximum Gasteiger partial charge on any atom is 0.193 e. The Morgan fingerprint density at radius 3 is 2.44 bits per heavy atom. The molecule has 2 aromatic rings. The fraction of sp³-hybridized carbons (Fsp3) is 0.316. The molecular weight excluding hydrogens is 432 g/mol. The summed E-state index contributed by atoms with van der Waals surface area (Å²) in [7, 11) is 5.38. The molecule has 0 spiro atoms. The van der Waals surface area contributed by atoms with Crippen LogP contribution in [0.15, 0.2) is 53.5 Å². The van der Waals surface area contributed by atoms with E-state index >= 15 is 0 Å². The van der Waals surface area contributed by atoms with E-state index in [2.05, 4.69) is 10.3 Å². The molecule has 0 saturated carbocycles. The van der Waals surface area contributed by atoms with Crippen LogP contribution in [0.1, 0.15) is 11.1 Å². The molecule has 136 valence electrons. The largest absolute Gasteiger partial charge is 0.497 e. The van der Waals surface area contributed by atoms with E-state index in [1.807, 2.05) is 42.3 Å². The van der Waals surface area contributed by atoms with Crippen molar-refractivity contribution in [3.8, 4) is 5.75 Å². The molecule has 0 aliphatic heterocycles. The molecule has 4 nitrogen and oxygen atoms in total. The lowest BCUT2D eigenvalue weighted by Crippen LogP contribution is -2.39. The third-order valence-corrected chi connectivity index (χ3v) is 3.79. The predicted octanol–water partition coefficient (Wildman–Crippen LogP) is 3.70. The zero-order valence-electron chi connectivity index (χ0n) is 14.8. The van der Waals surface area contributed by atoms with Gasteiger partial charge in [0, 0.05) is 27.2 Å². The Labute approximate surface area is 166 Å². The van der Waals surface area contributed by atoms with Gasteiger partial charge in [-0.05, 0) is 35.7 Å². The number of methoxy groups -OCH3 is 1. The summed E-state index contributed by atoms with van der Waals surface area (Å²) in [5.41, 5.74) is 1.87. The number of rotatable bonds is 6. The van der Waals surface area contributed by atoms with E-state index in [-0.39, 0.29) is 29.8 Å². The van der Waals surface area contributed by atoms with E-state index in [9.17, 15) is 4.39 Å². The van der Waals surface area contributed by atoms with Crippen LogP contribution >= 0.6 is 24.0 Å². The minimum absolute atomic E-state index is 0. The number of nitrogens with one attached hydrogen (secondary N) is 1. The van der Waals surface area contributed by atoms with Crippen molar-refractivity contribution in [2.45, 2.75) is 13.0 Å². The molecule has 25 heavy (non-hydrogen) atoms. The molecule has 2 aromatic carbocycles. The highest BCUT2D eigenvalue weighted by Gasteiger charge is 2.07. The first-order valence-corrected chi connectivity index (χ1v) is 7.92. The molecule has 2 rings (SSSR count). The summed E-state index contributed by atoms with van der Waals surface area (Å²) in [6, 6.07) is 14.8. The number of guanidine groups is 1. The first kappa shape index (κ1) is 21.2. The monoisotopic (exact) mass is 457 g/mol. The van der Waals surface area contributed by atoms with Crippen molar-refractivity contribution in [1.29, 1.82) is 0 Å². The van der Waals surface area contributed by atoms with Gasteiger partial charge in [0.25, 0.3) is 0 Å². The van der Waals surface area contributed by atoms with Crippen LogP contribution in [0.3, 0.4) is 0 Å². The van der Waals surface area contributed by atoms with Gasteiger partial charge in [-0.15, -0.1) is 24.0 Å². The topological polar surface area (TPSA) is 36.9 Å². The quantitative estimate of drug-likeness (QED) is 0.409. The van der Waals surface area contributed by atoms with Crippen LogP contribution in [-0.2, 0) is 13.0 Å². The molecular formula is C19H25FIN3O. The number of nitrogens with zero attached hydrogens (tertiary/aromatic N) is 2. The van der Waals surface area contributed by atoms with Crippen LogP contribution in [0.2, 0.25) is 0 Å². The number of ether oxygens (including phenoxy) is 1. The second-order valence-electron chi connectivity index (χ2n) is 5.52. The van der Waals surface area contributed by atoms with Crippen molar-refractivity contribution >= 4 is 29.9 Å². The zero-order valence-corrected chi connectivity index (χ0v) is 17.2. The van der Waals surface area contributed by atoms with E-state index < -0.39 is 0 Å². The second-order valence-corrected chi connectivity index (χ2v) is 5.52. The van der Waals surface area contributed by atoms with Gasteiger partial charge < -0.3 is 15.0 Å². The van der Waals surface area contributed by atoms with Crippen molar-refractivity contribution in [2.75, 3.05) is 27.7 Å². The van der Waals surface area contributed by atoms with Crippen LogP contribution in [0.5, 0.6) is 5.75 Å². The van der Waals surface area contributed by atoms with Crippen LogP contribution in [0.4, 0.5) is 4.39 Å². The maximum atomic E-state index is 13.6. The first-order chi connectivity index (χ1) is 11.6. The summed E-state index contributed by atoms with van der Waals surface area (Å²) in [5.74, 6) is 1.46. The summed E-state index contributed by atoms with van der Waals surface area (Å²) in [5, 5.41) is 3.27. The minimum Gasteiger partial charge on any atom is -0.497 e. The summed E-state index contributed by atoms with van der Waals surface area (Å²) in [6.07, 6.45) is 0.613. The summed E-state index contributed by atoms with van der Waals surface area (Å²) in [6.45, 7) is 1.35. The van der Waals surface area contributed by atoms with Gasteiger partial charge >= 0.3 is 0 Å². The van der Waals surface area contributed by atoms with Gasteiger partial charge in [-0.2, -0.15) is 0 Å². The molecule has 0 aliphatic rings. The SMILES string of the molecule is CN=C(NCCc1ccccc1F)N(C)Cc1ccc(OC)cc1.I. The number of halogens is 2. The molecule has 0 atom stereocenters. The van der Waals surface area contributed by atoms with E-state index in [0.717, 1.165) is 23.8 Å². The van der Waals surface area contributed by atoms with E-state index in [4.69, 9.17) is 4.74 Å². The number of benzene rings is 2. The predicted molar refractivity (Wildman–Crippen MR) is 111 cm³/mol.